The fraction of sp³-hybridized carbons (Fsp3) is 1.00. The Hall–Kier alpha value is 0.350. The van der Waals surface area contributed by atoms with Gasteiger partial charge in [-0.05, 0) is 12.3 Å². The van der Waals surface area contributed by atoms with Gasteiger partial charge in [-0.2, -0.15) is 0 Å². The van der Waals surface area contributed by atoms with Gasteiger partial charge in [0.05, 0.1) is 6.10 Å². The third-order valence-electron chi connectivity index (χ3n) is 1.43. The number of nitrogens with one attached hydrogen (secondary N) is 1. The van der Waals surface area contributed by atoms with Crippen LogP contribution in [0.15, 0.2) is 0 Å². The lowest BCUT2D eigenvalue weighted by Crippen LogP contribution is -2.33. The van der Waals surface area contributed by atoms with E-state index in [1.165, 1.54) is 0 Å². The van der Waals surface area contributed by atoms with Gasteiger partial charge >= 0.3 is 0 Å². The maximum atomic E-state index is 10.9. The molecule has 0 saturated heterocycles. The van der Waals surface area contributed by atoms with E-state index in [0.717, 1.165) is 0 Å². The maximum Gasteiger partial charge on any atom is 0.221 e. The fourth-order valence-electron chi connectivity index (χ4n) is 0.889. The summed E-state index contributed by atoms with van der Waals surface area (Å²) in [4.78, 5) is 0. The van der Waals surface area contributed by atoms with Crippen LogP contribution < -0.4 is 4.72 Å². The van der Waals surface area contributed by atoms with Crippen molar-refractivity contribution in [3.05, 3.63) is 0 Å². The number of hydrogen-bond acceptors (Lipinski definition) is 3. The zero-order chi connectivity index (χ0) is 10.5. The summed E-state index contributed by atoms with van der Waals surface area (Å²) < 4.78 is 24.0. The van der Waals surface area contributed by atoms with Gasteiger partial charge in [0.1, 0.15) is 4.66 Å². The molecular formula is C7H16BrNO3S. The first kappa shape index (κ1) is 13.4. The first-order valence-electron chi connectivity index (χ1n) is 4.08. The van der Waals surface area contributed by atoms with E-state index in [9.17, 15) is 13.5 Å². The molecule has 0 aromatic rings. The number of rotatable bonds is 6. The summed E-state index contributed by atoms with van der Waals surface area (Å²) in [6.07, 6.45) is -0.000950. The SMILES string of the molecule is CC(C)CC(O)CNS(=O)(=O)CBr. The molecule has 0 spiro atoms. The van der Waals surface area contributed by atoms with Gasteiger partial charge < -0.3 is 5.11 Å². The zero-order valence-electron chi connectivity index (χ0n) is 7.83. The van der Waals surface area contributed by atoms with Crippen molar-refractivity contribution in [2.75, 3.05) is 11.2 Å². The van der Waals surface area contributed by atoms with Gasteiger partial charge in [0.2, 0.25) is 10.0 Å². The van der Waals surface area contributed by atoms with Gasteiger partial charge in [-0.3, -0.25) is 0 Å². The molecule has 13 heavy (non-hydrogen) atoms. The van der Waals surface area contributed by atoms with Gasteiger partial charge in [-0.1, -0.05) is 29.8 Å². The van der Waals surface area contributed by atoms with Crippen LogP contribution in [0.25, 0.3) is 0 Å². The molecule has 0 aromatic heterocycles. The van der Waals surface area contributed by atoms with Crippen molar-refractivity contribution in [2.24, 2.45) is 5.92 Å². The summed E-state index contributed by atoms with van der Waals surface area (Å²) in [6, 6.07) is 0. The molecule has 0 radical (unpaired) electrons. The molecule has 80 valence electrons. The molecule has 0 aliphatic heterocycles. The van der Waals surface area contributed by atoms with Crippen LogP contribution in [0.5, 0.6) is 0 Å². The lowest BCUT2D eigenvalue weighted by Gasteiger charge is -2.13. The van der Waals surface area contributed by atoms with Crippen molar-refractivity contribution >= 4 is 26.0 Å². The fourth-order valence-corrected chi connectivity index (χ4v) is 1.90. The molecule has 0 aliphatic carbocycles. The Bertz CT molecular complexity index is 228. The molecule has 0 aromatic carbocycles. The van der Waals surface area contributed by atoms with E-state index in [0.29, 0.717) is 12.3 Å². The van der Waals surface area contributed by atoms with E-state index in [4.69, 9.17) is 0 Å². The van der Waals surface area contributed by atoms with E-state index >= 15 is 0 Å². The Balaban J connectivity index is 3.77. The molecular weight excluding hydrogens is 258 g/mol. The van der Waals surface area contributed by atoms with Crippen molar-refractivity contribution in [1.82, 2.24) is 4.72 Å². The lowest BCUT2D eigenvalue weighted by molar-refractivity contribution is 0.152. The number of aliphatic hydroxyl groups is 1. The normalized spacial score (nSPS) is 14.8. The monoisotopic (exact) mass is 273 g/mol. The average Bonchev–Trinajstić information content (AvgIpc) is 2.00. The van der Waals surface area contributed by atoms with Gasteiger partial charge in [0.25, 0.3) is 0 Å². The molecule has 0 heterocycles. The van der Waals surface area contributed by atoms with Crippen LogP contribution in [-0.4, -0.2) is 30.8 Å². The highest BCUT2D eigenvalue weighted by Crippen LogP contribution is 2.03. The molecule has 0 fully saturated rings. The van der Waals surface area contributed by atoms with Crippen LogP contribution in [0.1, 0.15) is 20.3 Å². The topological polar surface area (TPSA) is 66.4 Å². The largest absolute Gasteiger partial charge is 0.392 e. The van der Waals surface area contributed by atoms with Crippen molar-refractivity contribution in [3.63, 3.8) is 0 Å². The third kappa shape index (κ3) is 7.42. The summed E-state index contributed by atoms with van der Waals surface area (Å²) in [5.41, 5.74) is 0. The van der Waals surface area contributed by atoms with Gasteiger partial charge in [0.15, 0.2) is 0 Å². The van der Waals surface area contributed by atoms with Crippen LogP contribution >= 0.6 is 15.9 Å². The molecule has 0 aliphatic rings. The third-order valence-corrected chi connectivity index (χ3v) is 4.13. The molecule has 6 heteroatoms. The van der Waals surface area contributed by atoms with Gasteiger partial charge in [0, 0.05) is 6.54 Å². The van der Waals surface area contributed by atoms with Crippen molar-refractivity contribution in [3.8, 4) is 0 Å². The van der Waals surface area contributed by atoms with Crippen LogP contribution in [0.3, 0.4) is 0 Å². The standard InChI is InChI=1S/C7H16BrNO3S/c1-6(2)3-7(10)4-9-13(11,12)5-8/h6-7,9-10H,3-5H2,1-2H3. The number of hydrogen-bond donors (Lipinski definition) is 2. The summed E-state index contributed by atoms with van der Waals surface area (Å²) in [7, 11) is -3.24. The van der Waals surface area contributed by atoms with E-state index in [1.807, 2.05) is 13.8 Å². The highest BCUT2D eigenvalue weighted by atomic mass is 79.9. The van der Waals surface area contributed by atoms with Crippen molar-refractivity contribution < 1.29 is 13.5 Å². The number of halogens is 1. The smallest absolute Gasteiger partial charge is 0.221 e. The Labute approximate surface area is 87.9 Å². The van der Waals surface area contributed by atoms with Crippen LogP contribution in [0.4, 0.5) is 0 Å². The molecule has 2 N–H and O–H groups in total. The van der Waals surface area contributed by atoms with Crippen LogP contribution in [0, 0.1) is 5.92 Å². The van der Waals surface area contributed by atoms with E-state index in [-0.39, 0.29) is 11.2 Å². The Morgan fingerprint density at radius 2 is 2.00 bits per heavy atom. The molecule has 0 amide bonds. The quantitative estimate of drug-likeness (QED) is 0.699. The summed E-state index contributed by atoms with van der Waals surface area (Å²) in [5, 5.41) is 9.34. The minimum atomic E-state index is -3.24. The molecule has 0 saturated carbocycles. The van der Waals surface area contributed by atoms with Gasteiger partial charge in [-0.25, -0.2) is 13.1 Å². The molecule has 4 nitrogen and oxygen atoms in total. The zero-order valence-corrected chi connectivity index (χ0v) is 10.2. The van der Waals surface area contributed by atoms with E-state index in [1.54, 1.807) is 0 Å². The van der Waals surface area contributed by atoms with E-state index < -0.39 is 16.1 Å². The van der Waals surface area contributed by atoms with Crippen LogP contribution in [0.2, 0.25) is 0 Å². The molecule has 1 unspecified atom stereocenters. The summed E-state index contributed by atoms with van der Waals surface area (Å²) in [5.74, 6) is 0.364. The van der Waals surface area contributed by atoms with Gasteiger partial charge in [-0.15, -0.1) is 0 Å². The Morgan fingerprint density at radius 1 is 1.46 bits per heavy atom. The summed E-state index contributed by atoms with van der Waals surface area (Å²) in [6.45, 7) is 4.04. The predicted molar refractivity (Wildman–Crippen MR) is 56.2 cm³/mol. The predicted octanol–water partition coefficient (Wildman–Crippen LogP) is 0.665. The first-order valence-corrected chi connectivity index (χ1v) is 6.86. The Morgan fingerprint density at radius 3 is 2.38 bits per heavy atom. The van der Waals surface area contributed by atoms with E-state index in [2.05, 4.69) is 20.7 Å². The minimum absolute atomic E-state index is 0.0894. The lowest BCUT2D eigenvalue weighted by atomic mass is 10.1. The number of alkyl halides is 1. The number of aliphatic hydroxyl groups excluding tert-OH is 1. The second-order valence-electron chi connectivity index (χ2n) is 3.36. The molecule has 0 bridgehead atoms. The summed E-state index contributed by atoms with van der Waals surface area (Å²) >= 11 is 2.84. The highest BCUT2D eigenvalue weighted by Gasteiger charge is 2.11. The van der Waals surface area contributed by atoms with Crippen molar-refractivity contribution in [1.29, 1.82) is 0 Å². The second kappa shape index (κ2) is 5.95. The highest BCUT2D eigenvalue weighted by molar-refractivity contribution is 9.10. The Kier molecular flexibility index (Phi) is 6.11. The molecule has 1 atom stereocenters. The molecule has 0 rings (SSSR count). The number of sulfonamides is 1. The minimum Gasteiger partial charge on any atom is -0.392 e. The average molecular weight is 274 g/mol. The van der Waals surface area contributed by atoms with Crippen LogP contribution in [-0.2, 0) is 10.0 Å². The maximum absolute atomic E-state index is 10.9. The first-order chi connectivity index (χ1) is 5.87. The van der Waals surface area contributed by atoms with Crippen molar-refractivity contribution in [2.45, 2.75) is 26.4 Å². The second-order valence-corrected chi connectivity index (χ2v) is 6.47.